The summed E-state index contributed by atoms with van der Waals surface area (Å²) in [6.45, 7) is 5.12. The second kappa shape index (κ2) is 9.85. The number of amides is 1. The Labute approximate surface area is 217 Å². The van der Waals surface area contributed by atoms with Crippen LogP contribution in [0.2, 0.25) is 0 Å². The van der Waals surface area contributed by atoms with Crippen LogP contribution in [0.3, 0.4) is 0 Å². The molecule has 1 fully saturated rings. The number of carbonyl (C=O) groups is 1. The number of ether oxygens (including phenoxy) is 1. The van der Waals surface area contributed by atoms with Crippen molar-refractivity contribution < 1.29 is 14.1 Å². The summed E-state index contributed by atoms with van der Waals surface area (Å²) in [6.07, 6.45) is 2.18. The van der Waals surface area contributed by atoms with Crippen LogP contribution >= 0.6 is 0 Å². The molecule has 3 aromatic carbocycles. The fraction of sp³-hybridized carbons (Fsp3) is 0.323. The van der Waals surface area contributed by atoms with E-state index < -0.39 is 0 Å². The fourth-order valence-electron chi connectivity index (χ4n) is 5.67. The number of aromatic nitrogens is 2. The highest BCUT2D eigenvalue weighted by Crippen LogP contribution is 2.44. The van der Waals surface area contributed by atoms with Crippen molar-refractivity contribution in [2.45, 2.75) is 51.0 Å². The monoisotopic (exact) mass is 493 g/mol. The molecule has 4 aromatic rings. The minimum absolute atomic E-state index is 0.0371. The van der Waals surface area contributed by atoms with Crippen molar-refractivity contribution >= 4 is 6.09 Å². The van der Waals surface area contributed by atoms with Gasteiger partial charge in [-0.2, -0.15) is 4.98 Å². The topological polar surface area (TPSA) is 68.5 Å². The summed E-state index contributed by atoms with van der Waals surface area (Å²) in [7, 11) is 0. The predicted octanol–water partition coefficient (Wildman–Crippen LogP) is 6.81. The van der Waals surface area contributed by atoms with Crippen LogP contribution in [0.5, 0.6) is 0 Å². The van der Waals surface area contributed by atoms with E-state index in [1.54, 1.807) is 4.90 Å². The molecule has 0 spiro atoms. The van der Waals surface area contributed by atoms with E-state index >= 15 is 0 Å². The first-order chi connectivity index (χ1) is 18.1. The van der Waals surface area contributed by atoms with Gasteiger partial charge in [-0.15, -0.1) is 0 Å². The summed E-state index contributed by atoms with van der Waals surface area (Å²) < 4.78 is 11.6. The van der Waals surface area contributed by atoms with Crippen LogP contribution in [0, 0.1) is 6.92 Å². The van der Waals surface area contributed by atoms with Gasteiger partial charge >= 0.3 is 6.09 Å². The van der Waals surface area contributed by atoms with Crippen molar-refractivity contribution in [1.82, 2.24) is 15.0 Å². The number of fused-ring (bicyclic) bond motifs is 3. The molecule has 188 valence electrons. The molecule has 6 rings (SSSR count). The molecule has 0 unspecified atom stereocenters. The van der Waals surface area contributed by atoms with Gasteiger partial charge in [-0.3, -0.25) is 4.90 Å². The fourth-order valence-corrected chi connectivity index (χ4v) is 5.67. The highest BCUT2D eigenvalue weighted by Gasteiger charge is 2.36. The molecule has 1 aromatic heterocycles. The number of likely N-dealkylation sites (tertiary alicyclic amines) is 1. The number of benzene rings is 3. The predicted molar refractivity (Wildman–Crippen MR) is 141 cm³/mol. The van der Waals surface area contributed by atoms with Gasteiger partial charge in [-0.25, -0.2) is 4.79 Å². The van der Waals surface area contributed by atoms with Crippen LogP contribution in [0.25, 0.3) is 11.1 Å². The molecule has 1 aliphatic heterocycles. The van der Waals surface area contributed by atoms with Gasteiger partial charge in [-0.05, 0) is 54.0 Å². The molecule has 0 N–H and O–H groups in total. The summed E-state index contributed by atoms with van der Waals surface area (Å²) in [5.74, 6) is 1.33. The van der Waals surface area contributed by atoms with Crippen LogP contribution < -0.4 is 0 Å². The van der Waals surface area contributed by atoms with Gasteiger partial charge < -0.3 is 9.26 Å². The lowest BCUT2D eigenvalue weighted by atomic mass is 9.98. The zero-order chi connectivity index (χ0) is 25.4. The lowest BCUT2D eigenvalue weighted by molar-refractivity contribution is 0.0899. The summed E-state index contributed by atoms with van der Waals surface area (Å²) in [4.78, 5) is 19.7. The van der Waals surface area contributed by atoms with E-state index in [-0.39, 0.29) is 24.0 Å². The summed E-state index contributed by atoms with van der Waals surface area (Å²) >= 11 is 0. The van der Waals surface area contributed by atoms with E-state index in [1.807, 2.05) is 12.1 Å². The highest BCUT2D eigenvalue weighted by atomic mass is 16.6. The van der Waals surface area contributed by atoms with Crippen molar-refractivity contribution in [3.8, 4) is 11.1 Å². The smallest absolute Gasteiger partial charge is 0.410 e. The number of carbonyl (C=O) groups excluding carboxylic acids is 1. The molecule has 2 aliphatic rings. The Bertz CT molecular complexity index is 1370. The van der Waals surface area contributed by atoms with Crippen LogP contribution in [-0.2, 0) is 11.2 Å². The molecule has 0 bridgehead atoms. The van der Waals surface area contributed by atoms with E-state index in [1.165, 1.54) is 33.4 Å². The van der Waals surface area contributed by atoms with E-state index in [4.69, 9.17) is 14.2 Å². The first-order valence-electron chi connectivity index (χ1n) is 13.1. The van der Waals surface area contributed by atoms with Crippen LogP contribution in [0.4, 0.5) is 4.79 Å². The first-order valence-corrected chi connectivity index (χ1v) is 13.1. The van der Waals surface area contributed by atoms with Gasteiger partial charge in [0.1, 0.15) is 12.6 Å². The van der Waals surface area contributed by atoms with Gasteiger partial charge in [0.15, 0.2) is 5.82 Å². The molecule has 1 saturated heterocycles. The third kappa shape index (κ3) is 4.52. The Balaban J connectivity index is 1.13. The second-order valence-corrected chi connectivity index (χ2v) is 10.2. The molecule has 2 heterocycles. The van der Waals surface area contributed by atoms with Gasteiger partial charge in [0, 0.05) is 18.4 Å². The first kappa shape index (κ1) is 23.5. The molecule has 2 atom stereocenters. The molecule has 0 saturated carbocycles. The Morgan fingerprint density at radius 3 is 2.41 bits per heavy atom. The molecule has 37 heavy (non-hydrogen) atoms. The largest absolute Gasteiger partial charge is 0.448 e. The Hall–Kier alpha value is -3.93. The maximum Gasteiger partial charge on any atom is 0.410 e. The van der Waals surface area contributed by atoms with Crippen LogP contribution in [0.15, 0.2) is 77.3 Å². The average Bonchev–Trinajstić information content (AvgIpc) is 3.66. The normalized spacial score (nSPS) is 17.5. The number of hydrogen-bond acceptors (Lipinski definition) is 5. The van der Waals surface area contributed by atoms with Gasteiger partial charge in [-0.1, -0.05) is 90.4 Å². The van der Waals surface area contributed by atoms with Gasteiger partial charge in [0.25, 0.3) is 0 Å². The zero-order valence-electron chi connectivity index (χ0n) is 21.3. The van der Waals surface area contributed by atoms with E-state index in [0.717, 1.165) is 19.3 Å². The average molecular weight is 494 g/mol. The molecule has 6 heteroatoms. The van der Waals surface area contributed by atoms with Crippen molar-refractivity contribution in [3.63, 3.8) is 0 Å². The van der Waals surface area contributed by atoms with Crippen molar-refractivity contribution in [1.29, 1.82) is 0 Å². The summed E-state index contributed by atoms with van der Waals surface area (Å²) in [6, 6.07) is 25.0. The lowest BCUT2D eigenvalue weighted by Crippen LogP contribution is -2.32. The maximum absolute atomic E-state index is 13.2. The third-order valence-corrected chi connectivity index (χ3v) is 7.67. The van der Waals surface area contributed by atoms with E-state index in [2.05, 4.69) is 79.7 Å². The number of aryl methyl sites for hydroxylation is 1. The Morgan fingerprint density at radius 2 is 1.70 bits per heavy atom. The third-order valence-electron chi connectivity index (χ3n) is 7.67. The van der Waals surface area contributed by atoms with Gasteiger partial charge in [0.05, 0.1) is 0 Å². The summed E-state index contributed by atoms with van der Waals surface area (Å²) in [5.41, 5.74) is 7.34. The minimum atomic E-state index is -0.322. The van der Waals surface area contributed by atoms with Crippen molar-refractivity contribution in [2.24, 2.45) is 0 Å². The number of nitrogens with zero attached hydrogens (tertiary/aromatic N) is 3. The number of hydrogen-bond donors (Lipinski definition) is 0. The molecule has 1 aliphatic carbocycles. The van der Waals surface area contributed by atoms with Gasteiger partial charge in [0.2, 0.25) is 5.89 Å². The number of rotatable bonds is 6. The zero-order valence-corrected chi connectivity index (χ0v) is 21.3. The van der Waals surface area contributed by atoms with E-state index in [0.29, 0.717) is 24.9 Å². The molecule has 0 radical (unpaired) electrons. The minimum Gasteiger partial charge on any atom is -0.448 e. The Kier molecular flexibility index (Phi) is 6.25. The van der Waals surface area contributed by atoms with Crippen molar-refractivity contribution in [2.75, 3.05) is 13.2 Å². The van der Waals surface area contributed by atoms with Crippen LogP contribution in [0.1, 0.15) is 71.6 Å². The lowest BCUT2D eigenvalue weighted by Gasteiger charge is -2.23. The molecular formula is C31H31N3O3. The second-order valence-electron chi connectivity index (χ2n) is 10.2. The molecular weight excluding hydrogens is 462 g/mol. The Morgan fingerprint density at radius 1 is 1.03 bits per heavy atom. The standard InChI is InChI=1S/C31H31N3O3/c1-20-13-15-22(16-14-20)18-21(2)29-32-30(37-33-29)28-12-7-17-34(28)31(35)36-19-27-25-10-5-3-8-23(25)24-9-4-6-11-26(24)27/h3-6,8-11,13-16,21,27-28H,7,12,17-19H2,1-2H3/t21-,28-/m0/s1. The maximum atomic E-state index is 13.2. The molecule has 6 nitrogen and oxygen atoms in total. The highest BCUT2D eigenvalue weighted by molar-refractivity contribution is 5.79. The molecule has 1 amide bonds. The summed E-state index contributed by atoms with van der Waals surface area (Å²) in [5, 5.41) is 4.26. The van der Waals surface area contributed by atoms with E-state index in [9.17, 15) is 4.79 Å². The SMILES string of the molecule is Cc1ccc(C[C@H](C)c2noc([C@@H]3CCCN3C(=O)OCC3c4ccccc4-c4ccccc43)n2)cc1. The van der Waals surface area contributed by atoms with Crippen LogP contribution in [-0.4, -0.2) is 34.3 Å². The van der Waals surface area contributed by atoms with Crippen molar-refractivity contribution in [3.05, 3.63) is 107 Å². The quantitative estimate of drug-likeness (QED) is 0.295.